The molecule has 0 aliphatic heterocycles. The number of carbonyl (C=O) groups excluding carboxylic acids is 1. The molecule has 0 fully saturated rings. The smallest absolute Gasteiger partial charge is 0.340 e. The van der Waals surface area contributed by atoms with E-state index in [2.05, 4.69) is 10.6 Å². The summed E-state index contributed by atoms with van der Waals surface area (Å²) in [6.45, 7) is 4.05. The Kier molecular flexibility index (Phi) is 5.88. The first kappa shape index (κ1) is 19.1. The summed E-state index contributed by atoms with van der Waals surface area (Å²) in [5.74, 6) is -0.397. The van der Waals surface area contributed by atoms with Crippen molar-refractivity contribution in [1.29, 1.82) is 0 Å². The third-order valence-corrected chi connectivity index (χ3v) is 5.45. The van der Waals surface area contributed by atoms with Gasteiger partial charge in [0.1, 0.15) is 5.00 Å². The number of para-hydroxylation sites is 1. The molecular weight excluding hydrogens is 376 g/mol. The Balaban J connectivity index is 1.88. The van der Waals surface area contributed by atoms with Gasteiger partial charge in [0, 0.05) is 10.6 Å². The maximum Gasteiger partial charge on any atom is 0.340 e. The number of hydrogen-bond donors (Lipinski definition) is 2. The molecule has 1 aromatic heterocycles. The van der Waals surface area contributed by atoms with Gasteiger partial charge < -0.3 is 15.4 Å². The van der Waals surface area contributed by atoms with Crippen LogP contribution in [-0.2, 0) is 4.74 Å². The molecule has 2 aromatic carbocycles. The number of thiocarbonyl (C=S) groups is 1. The molecule has 138 valence electrons. The number of benzene rings is 2. The van der Waals surface area contributed by atoms with Crippen LogP contribution in [0, 0.1) is 13.8 Å². The van der Waals surface area contributed by atoms with E-state index in [-0.39, 0.29) is 0 Å². The van der Waals surface area contributed by atoms with Gasteiger partial charge in [0.05, 0.1) is 12.7 Å². The quantitative estimate of drug-likeness (QED) is 0.442. The number of hydrogen-bond acceptors (Lipinski definition) is 4. The molecule has 3 aromatic rings. The van der Waals surface area contributed by atoms with E-state index in [0.717, 1.165) is 27.3 Å². The lowest BCUT2D eigenvalue weighted by molar-refractivity contribution is 0.0602. The van der Waals surface area contributed by atoms with Gasteiger partial charge >= 0.3 is 5.97 Å². The summed E-state index contributed by atoms with van der Waals surface area (Å²) in [4.78, 5) is 13.2. The van der Waals surface area contributed by atoms with Crippen LogP contribution in [0.15, 0.2) is 54.6 Å². The average Bonchev–Trinajstić information content (AvgIpc) is 3.08. The molecule has 0 bridgehead atoms. The van der Waals surface area contributed by atoms with Gasteiger partial charge in [-0.05, 0) is 48.8 Å². The Hall–Kier alpha value is -2.70. The van der Waals surface area contributed by atoms with Gasteiger partial charge in [0.25, 0.3) is 0 Å². The number of aryl methyl sites for hydroxylation is 2. The number of esters is 1. The van der Waals surface area contributed by atoms with Crippen molar-refractivity contribution in [3.05, 3.63) is 71.3 Å². The molecule has 0 unspecified atom stereocenters. The van der Waals surface area contributed by atoms with Crippen LogP contribution in [0.3, 0.4) is 0 Å². The van der Waals surface area contributed by atoms with E-state index in [0.29, 0.717) is 15.7 Å². The zero-order valence-electron chi connectivity index (χ0n) is 15.3. The Bertz CT molecular complexity index is 961. The van der Waals surface area contributed by atoms with Crippen LogP contribution in [0.2, 0.25) is 0 Å². The third kappa shape index (κ3) is 4.35. The Morgan fingerprint density at radius 2 is 1.67 bits per heavy atom. The lowest BCUT2D eigenvalue weighted by Crippen LogP contribution is -2.21. The molecule has 0 saturated heterocycles. The number of carbonyl (C=O) groups is 1. The van der Waals surface area contributed by atoms with Crippen molar-refractivity contribution in [3.63, 3.8) is 0 Å². The number of ether oxygens (including phenoxy) is 1. The van der Waals surface area contributed by atoms with E-state index >= 15 is 0 Å². The Morgan fingerprint density at radius 3 is 2.30 bits per heavy atom. The first-order valence-corrected chi connectivity index (χ1v) is 9.64. The number of thiophene rings is 1. The molecule has 0 aliphatic rings. The fourth-order valence-electron chi connectivity index (χ4n) is 2.75. The van der Waals surface area contributed by atoms with Crippen molar-refractivity contribution in [3.8, 4) is 10.4 Å². The average molecular weight is 397 g/mol. The molecular formula is C21H20N2O2S2. The number of nitrogens with one attached hydrogen (secondary N) is 2. The van der Waals surface area contributed by atoms with Gasteiger partial charge in [-0.3, -0.25) is 0 Å². The van der Waals surface area contributed by atoms with E-state index in [9.17, 15) is 4.79 Å². The highest BCUT2D eigenvalue weighted by atomic mass is 32.1. The van der Waals surface area contributed by atoms with E-state index in [1.165, 1.54) is 18.4 Å². The number of rotatable bonds is 4. The minimum atomic E-state index is -0.397. The van der Waals surface area contributed by atoms with Crippen molar-refractivity contribution in [2.75, 3.05) is 17.7 Å². The van der Waals surface area contributed by atoms with Crippen LogP contribution in [0.4, 0.5) is 10.7 Å². The molecule has 2 N–H and O–H groups in total. The van der Waals surface area contributed by atoms with Gasteiger partial charge in [-0.2, -0.15) is 0 Å². The molecule has 1 heterocycles. The molecule has 0 radical (unpaired) electrons. The number of methoxy groups -OCH3 is 1. The first-order chi connectivity index (χ1) is 13.0. The van der Waals surface area contributed by atoms with E-state index in [4.69, 9.17) is 17.0 Å². The predicted molar refractivity (Wildman–Crippen MR) is 117 cm³/mol. The minimum Gasteiger partial charge on any atom is -0.465 e. The topological polar surface area (TPSA) is 50.4 Å². The first-order valence-electron chi connectivity index (χ1n) is 8.41. The highest BCUT2D eigenvalue weighted by Crippen LogP contribution is 2.36. The highest BCUT2D eigenvalue weighted by molar-refractivity contribution is 7.80. The molecule has 0 saturated carbocycles. The van der Waals surface area contributed by atoms with Gasteiger partial charge in [0.2, 0.25) is 0 Å². The summed E-state index contributed by atoms with van der Waals surface area (Å²) < 4.78 is 4.93. The second-order valence-electron chi connectivity index (χ2n) is 6.06. The van der Waals surface area contributed by atoms with Crippen molar-refractivity contribution < 1.29 is 9.53 Å². The molecule has 0 amide bonds. The fourth-order valence-corrected chi connectivity index (χ4v) is 4.07. The summed E-state index contributed by atoms with van der Waals surface area (Å²) >= 11 is 6.94. The van der Waals surface area contributed by atoms with Crippen LogP contribution in [0.1, 0.15) is 21.5 Å². The molecule has 0 aliphatic carbocycles. The van der Waals surface area contributed by atoms with Crippen LogP contribution in [0.25, 0.3) is 10.4 Å². The summed E-state index contributed by atoms with van der Waals surface area (Å²) in [7, 11) is 1.37. The van der Waals surface area contributed by atoms with Crippen LogP contribution in [0.5, 0.6) is 0 Å². The molecule has 3 rings (SSSR count). The summed E-state index contributed by atoms with van der Waals surface area (Å²) in [6, 6.07) is 17.8. The third-order valence-electron chi connectivity index (χ3n) is 4.14. The van der Waals surface area contributed by atoms with Gasteiger partial charge in [-0.15, -0.1) is 11.3 Å². The van der Waals surface area contributed by atoms with Crippen molar-refractivity contribution in [1.82, 2.24) is 0 Å². The Morgan fingerprint density at radius 1 is 1.00 bits per heavy atom. The second kappa shape index (κ2) is 8.33. The summed E-state index contributed by atoms with van der Waals surface area (Å²) in [6.07, 6.45) is 0. The molecule has 0 spiro atoms. The zero-order chi connectivity index (χ0) is 19.4. The predicted octanol–water partition coefficient (Wildman–Crippen LogP) is 5.63. The molecule has 6 heteroatoms. The molecule has 4 nitrogen and oxygen atoms in total. The summed E-state index contributed by atoms with van der Waals surface area (Å²) in [5, 5.41) is 7.48. The Labute approximate surface area is 168 Å². The lowest BCUT2D eigenvalue weighted by Gasteiger charge is -2.14. The summed E-state index contributed by atoms with van der Waals surface area (Å²) in [5.41, 5.74) is 4.67. The number of anilines is 2. The normalized spacial score (nSPS) is 10.3. The van der Waals surface area contributed by atoms with Gasteiger partial charge in [-0.1, -0.05) is 48.5 Å². The standard InChI is InChI=1S/C21H20N2O2S2/c1-13-8-7-9-14(2)18(13)22-21(26)23-19-16(20(24)25-3)12-17(27-19)15-10-5-4-6-11-15/h4-12H,1-3H3,(H2,22,23,26). The van der Waals surface area contributed by atoms with Crippen LogP contribution >= 0.6 is 23.6 Å². The van der Waals surface area contributed by atoms with E-state index in [1.54, 1.807) is 0 Å². The fraction of sp³-hybridized carbons (Fsp3) is 0.143. The largest absolute Gasteiger partial charge is 0.465 e. The van der Waals surface area contributed by atoms with E-state index < -0.39 is 5.97 Å². The van der Waals surface area contributed by atoms with Crippen molar-refractivity contribution >= 4 is 45.3 Å². The molecule has 27 heavy (non-hydrogen) atoms. The monoisotopic (exact) mass is 396 g/mol. The highest BCUT2D eigenvalue weighted by Gasteiger charge is 2.18. The SMILES string of the molecule is COC(=O)c1cc(-c2ccccc2)sc1NC(=S)Nc1c(C)cccc1C. The second-order valence-corrected chi connectivity index (χ2v) is 7.52. The van der Waals surface area contributed by atoms with E-state index in [1.807, 2.05) is 68.4 Å². The van der Waals surface area contributed by atoms with Gasteiger partial charge in [0.15, 0.2) is 5.11 Å². The van der Waals surface area contributed by atoms with Crippen LogP contribution < -0.4 is 10.6 Å². The minimum absolute atomic E-state index is 0.397. The van der Waals surface area contributed by atoms with Crippen molar-refractivity contribution in [2.45, 2.75) is 13.8 Å². The lowest BCUT2D eigenvalue weighted by atomic mass is 10.1. The van der Waals surface area contributed by atoms with Gasteiger partial charge in [-0.25, -0.2) is 4.79 Å². The maximum absolute atomic E-state index is 12.2. The zero-order valence-corrected chi connectivity index (χ0v) is 17.0. The molecule has 0 atom stereocenters. The van der Waals surface area contributed by atoms with Crippen LogP contribution in [-0.4, -0.2) is 18.2 Å². The maximum atomic E-state index is 12.2. The van der Waals surface area contributed by atoms with Crippen molar-refractivity contribution in [2.24, 2.45) is 0 Å².